The van der Waals surface area contributed by atoms with E-state index >= 15 is 0 Å². The molecule has 0 unspecified atom stereocenters. The summed E-state index contributed by atoms with van der Waals surface area (Å²) in [6.45, 7) is 9.85. The molecule has 1 fully saturated rings. The molecule has 1 aromatic rings. The summed E-state index contributed by atoms with van der Waals surface area (Å²) in [7, 11) is 4.69. The monoisotopic (exact) mass is 517 g/mol. The Balaban J connectivity index is 1.99. The molecule has 2 heterocycles. The Morgan fingerprint density at radius 2 is 1.92 bits per heavy atom. The molecule has 2 aliphatic heterocycles. The van der Waals surface area contributed by atoms with E-state index in [-0.39, 0.29) is 30.8 Å². The van der Waals surface area contributed by atoms with Crippen molar-refractivity contribution in [3.05, 3.63) is 35.0 Å². The van der Waals surface area contributed by atoms with Gasteiger partial charge >= 0.3 is 18.0 Å². The van der Waals surface area contributed by atoms with E-state index in [1.54, 1.807) is 32.2 Å². The van der Waals surface area contributed by atoms with E-state index < -0.39 is 12.0 Å². The zero-order chi connectivity index (χ0) is 27.3. The van der Waals surface area contributed by atoms with Gasteiger partial charge in [0.15, 0.2) is 11.5 Å². The topological polar surface area (TPSA) is 113 Å². The Bertz CT molecular complexity index is 1040. The first-order chi connectivity index (χ1) is 17.6. The van der Waals surface area contributed by atoms with Gasteiger partial charge in [0.2, 0.25) is 0 Å². The molecule has 0 aromatic heterocycles. The number of urea groups is 2. The summed E-state index contributed by atoms with van der Waals surface area (Å²) in [6, 6.07) is 4.11. The van der Waals surface area contributed by atoms with Gasteiger partial charge in [-0.15, -0.1) is 0 Å². The van der Waals surface area contributed by atoms with Crippen LogP contribution < -0.4 is 20.1 Å². The second-order valence-electron chi connectivity index (χ2n) is 9.49. The first-order valence-corrected chi connectivity index (χ1v) is 12.6. The number of methoxy groups -OCH3 is 2. The van der Waals surface area contributed by atoms with Gasteiger partial charge in [-0.1, -0.05) is 12.1 Å². The Hall–Kier alpha value is -3.47. The lowest BCUT2D eigenvalue weighted by Gasteiger charge is -2.42. The van der Waals surface area contributed by atoms with Crippen molar-refractivity contribution in [3.63, 3.8) is 0 Å². The first kappa shape index (κ1) is 28.1. The van der Waals surface area contributed by atoms with Crippen LogP contribution in [-0.2, 0) is 9.53 Å². The lowest BCUT2D eigenvalue weighted by molar-refractivity contribution is -0.139. The number of carbonyl (C=O) groups excluding carboxylic acids is 3. The molecule has 2 atom stereocenters. The maximum Gasteiger partial charge on any atom is 0.338 e. The minimum absolute atomic E-state index is 0.0452. The van der Waals surface area contributed by atoms with Crippen LogP contribution in [0, 0.1) is 0 Å². The second kappa shape index (κ2) is 12.2. The summed E-state index contributed by atoms with van der Waals surface area (Å²) in [5, 5.41) is 5.87. The maximum atomic E-state index is 13.3. The van der Waals surface area contributed by atoms with Crippen molar-refractivity contribution >= 4 is 18.0 Å². The molecule has 0 radical (unpaired) electrons. The Morgan fingerprint density at radius 3 is 2.51 bits per heavy atom. The number of carbonyl (C=O) groups is 3. The highest BCUT2D eigenvalue weighted by Gasteiger charge is 2.40. The fourth-order valence-electron chi connectivity index (χ4n) is 4.79. The molecule has 204 valence electrons. The molecule has 2 N–H and O–H groups in total. The predicted molar refractivity (Wildman–Crippen MR) is 139 cm³/mol. The van der Waals surface area contributed by atoms with E-state index in [2.05, 4.69) is 15.5 Å². The summed E-state index contributed by atoms with van der Waals surface area (Å²) in [4.78, 5) is 44.4. The van der Waals surface area contributed by atoms with Crippen LogP contribution in [0.1, 0.15) is 39.3 Å². The molecular weight excluding hydrogens is 478 g/mol. The van der Waals surface area contributed by atoms with E-state index in [4.69, 9.17) is 14.2 Å². The van der Waals surface area contributed by atoms with Crippen molar-refractivity contribution in [1.29, 1.82) is 0 Å². The number of benzene rings is 1. The van der Waals surface area contributed by atoms with Crippen molar-refractivity contribution < 1.29 is 28.6 Å². The van der Waals surface area contributed by atoms with Crippen molar-refractivity contribution in [2.24, 2.45) is 0 Å². The molecule has 0 aliphatic carbocycles. The molecule has 0 saturated carbocycles. The van der Waals surface area contributed by atoms with Gasteiger partial charge in [0, 0.05) is 56.6 Å². The van der Waals surface area contributed by atoms with E-state index in [9.17, 15) is 14.4 Å². The number of para-hydroxylation sites is 1. The normalized spacial score (nSPS) is 20.6. The third-order valence-corrected chi connectivity index (χ3v) is 6.57. The van der Waals surface area contributed by atoms with Gasteiger partial charge in [-0.05, 0) is 33.8 Å². The zero-order valence-electron chi connectivity index (χ0n) is 22.8. The number of hydrogen-bond acceptors (Lipinski definition) is 7. The Kier molecular flexibility index (Phi) is 9.25. The minimum Gasteiger partial charge on any atom is -0.493 e. The predicted octanol–water partition coefficient (Wildman–Crippen LogP) is 2.34. The summed E-state index contributed by atoms with van der Waals surface area (Å²) in [5.41, 5.74) is 1.47. The lowest BCUT2D eigenvalue weighted by Crippen LogP contribution is -2.58. The molecule has 11 heteroatoms. The number of nitrogens with one attached hydrogen (secondary N) is 2. The second-order valence-corrected chi connectivity index (χ2v) is 9.49. The van der Waals surface area contributed by atoms with Crippen LogP contribution in [0.4, 0.5) is 9.59 Å². The van der Waals surface area contributed by atoms with Crippen molar-refractivity contribution in [2.45, 2.75) is 45.8 Å². The van der Waals surface area contributed by atoms with E-state index in [1.807, 2.05) is 25.7 Å². The summed E-state index contributed by atoms with van der Waals surface area (Å²) in [6.07, 6.45) is 0. The van der Waals surface area contributed by atoms with Gasteiger partial charge in [0.1, 0.15) is 0 Å². The van der Waals surface area contributed by atoms with Gasteiger partial charge in [-0.3, -0.25) is 9.80 Å². The summed E-state index contributed by atoms with van der Waals surface area (Å²) >= 11 is 0. The highest BCUT2D eigenvalue weighted by molar-refractivity contribution is 5.95. The van der Waals surface area contributed by atoms with Gasteiger partial charge in [-0.2, -0.15) is 0 Å². The van der Waals surface area contributed by atoms with Gasteiger partial charge in [0.25, 0.3) is 0 Å². The molecule has 2 aliphatic rings. The first-order valence-electron chi connectivity index (χ1n) is 12.6. The number of hydrogen-bond donors (Lipinski definition) is 2. The van der Waals surface area contributed by atoms with Crippen LogP contribution >= 0.6 is 0 Å². The van der Waals surface area contributed by atoms with Crippen LogP contribution in [0.3, 0.4) is 0 Å². The SMILES string of the molecule is CCOC(=O)C1=C(CN2CCN(C(=O)NC(C)C)[C@H](C)C2)N(C)C(=O)N[C@H]1c1cccc(OC)c1OC. The number of piperazine rings is 1. The zero-order valence-corrected chi connectivity index (χ0v) is 22.8. The Morgan fingerprint density at radius 1 is 1.19 bits per heavy atom. The van der Waals surface area contributed by atoms with Crippen molar-refractivity contribution in [1.82, 2.24) is 25.3 Å². The van der Waals surface area contributed by atoms with Gasteiger partial charge < -0.3 is 29.7 Å². The fraction of sp³-hybridized carbons (Fsp3) is 0.577. The standard InChI is InChI=1S/C26H39N5O6/c1-8-37-24(32)21-19(15-30-12-13-31(17(4)14-30)26(34)27-16(2)3)29(5)25(33)28-22(21)18-10-9-11-20(35-6)23(18)36-7/h9-11,16-17,22H,8,12-15H2,1-7H3,(H,27,34)(H,28,33)/t17-,22+/m1/s1. The van der Waals surface area contributed by atoms with Gasteiger partial charge in [-0.25, -0.2) is 14.4 Å². The maximum absolute atomic E-state index is 13.3. The summed E-state index contributed by atoms with van der Waals surface area (Å²) < 4.78 is 16.5. The fourth-order valence-corrected chi connectivity index (χ4v) is 4.79. The number of rotatable bonds is 8. The minimum atomic E-state index is -0.793. The van der Waals surface area contributed by atoms with E-state index in [1.165, 1.54) is 19.1 Å². The molecular formula is C26H39N5O6. The average Bonchev–Trinajstić information content (AvgIpc) is 2.85. The molecule has 3 rings (SSSR count). The number of ether oxygens (including phenoxy) is 3. The van der Waals surface area contributed by atoms with E-state index in [0.717, 1.165) is 0 Å². The third-order valence-electron chi connectivity index (χ3n) is 6.57. The smallest absolute Gasteiger partial charge is 0.338 e. The molecule has 0 spiro atoms. The van der Waals surface area contributed by atoms with Crippen LogP contribution in [0.15, 0.2) is 29.5 Å². The van der Waals surface area contributed by atoms with Crippen LogP contribution in [0.2, 0.25) is 0 Å². The molecule has 37 heavy (non-hydrogen) atoms. The van der Waals surface area contributed by atoms with Gasteiger partial charge in [0.05, 0.1) is 32.4 Å². The Labute approximate surface area is 218 Å². The number of nitrogens with zero attached hydrogens (tertiary/aromatic N) is 3. The highest BCUT2D eigenvalue weighted by Crippen LogP contribution is 2.40. The highest BCUT2D eigenvalue weighted by atomic mass is 16.5. The molecule has 1 saturated heterocycles. The van der Waals surface area contributed by atoms with Crippen LogP contribution in [0.25, 0.3) is 0 Å². The third kappa shape index (κ3) is 6.10. The van der Waals surface area contributed by atoms with Crippen molar-refractivity contribution in [2.75, 3.05) is 54.1 Å². The average molecular weight is 518 g/mol. The number of likely N-dealkylation sites (N-methyl/N-ethyl adjacent to an activating group) is 1. The molecule has 4 amide bonds. The van der Waals surface area contributed by atoms with E-state index in [0.29, 0.717) is 54.5 Å². The number of amides is 4. The number of esters is 1. The molecule has 0 bridgehead atoms. The molecule has 1 aromatic carbocycles. The van der Waals surface area contributed by atoms with Crippen LogP contribution in [0.5, 0.6) is 11.5 Å². The van der Waals surface area contributed by atoms with Crippen LogP contribution in [-0.4, -0.2) is 98.9 Å². The lowest BCUT2D eigenvalue weighted by atomic mass is 9.93. The largest absolute Gasteiger partial charge is 0.493 e. The summed E-state index contributed by atoms with van der Waals surface area (Å²) in [5.74, 6) is 0.407. The quantitative estimate of drug-likeness (QED) is 0.509. The molecule has 11 nitrogen and oxygen atoms in total. The van der Waals surface area contributed by atoms with Crippen molar-refractivity contribution in [3.8, 4) is 11.5 Å².